The molecule has 1 heterocycles. The zero-order chi connectivity index (χ0) is 25.1. The molecule has 3 amide bonds. The van der Waals surface area contributed by atoms with Gasteiger partial charge in [0.2, 0.25) is 0 Å². The maximum absolute atomic E-state index is 13.4. The van der Waals surface area contributed by atoms with Gasteiger partial charge in [0.25, 0.3) is 5.91 Å². The van der Waals surface area contributed by atoms with E-state index in [0.29, 0.717) is 23.6 Å². The quantitative estimate of drug-likeness (QED) is 0.355. The molecule has 8 nitrogen and oxygen atoms in total. The standard InChI is InChI=1S/C28H29N5O3/c1-29-33-17-19(18-33)15-30-26(35)27(36)31-16-21-8-3-5-11-23(21)25(34)32-28(13-14-28)24-12-6-9-20-7-2-4-10-22(20)24/h2-12,19H,13-18H2,1H3,(H2-,30,31,32,34,35,36)/p+1. The summed E-state index contributed by atoms with van der Waals surface area (Å²) in [6.45, 7) is 2.08. The Morgan fingerprint density at radius 3 is 2.39 bits per heavy atom. The first-order chi connectivity index (χ1) is 17.5. The van der Waals surface area contributed by atoms with Gasteiger partial charge in [0.15, 0.2) is 13.1 Å². The normalized spacial score (nSPS) is 17.6. The molecule has 0 bridgehead atoms. The second kappa shape index (κ2) is 9.89. The molecule has 3 N–H and O–H groups in total. The first-order valence-electron chi connectivity index (χ1n) is 12.3. The van der Waals surface area contributed by atoms with Crippen LogP contribution in [0.1, 0.15) is 34.3 Å². The van der Waals surface area contributed by atoms with Crippen molar-refractivity contribution < 1.29 is 19.1 Å². The van der Waals surface area contributed by atoms with Crippen molar-refractivity contribution in [2.75, 3.05) is 26.7 Å². The van der Waals surface area contributed by atoms with Gasteiger partial charge in [-0.25, -0.2) is 0 Å². The van der Waals surface area contributed by atoms with E-state index >= 15 is 0 Å². The van der Waals surface area contributed by atoms with Crippen molar-refractivity contribution in [1.82, 2.24) is 16.0 Å². The Labute approximate surface area is 209 Å². The molecule has 2 aliphatic rings. The van der Waals surface area contributed by atoms with Gasteiger partial charge in [-0.1, -0.05) is 60.7 Å². The Kier molecular flexibility index (Phi) is 6.50. The number of hydrogen-bond acceptors (Lipinski definition) is 4. The van der Waals surface area contributed by atoms with E-state index in [9.17, 15) is 14.4 Å². The van der Waals surface area contributed by atoms with Crippen LogP contribution in [0.2, 0.25) is 0 Å². The lowest BCUT2D eigenvalue weighted by atomic mass is 9.96. The van der Waals surface area contributed by atoms with E-state index < -0.39 is 17.4 Å². The number of azo groups is 2. The molecule has 184 valence electrons. The molecule has 1 saturated heterocycles. The highest BCUT2D eigenvalue weighted by Gasteiger charge is 2.46. The summed E-state index contributed by atoms with van der Waals surface area (Å²) >= 11 is 0. The van der Waals surface area contributed by atoms with E-state index in [2.05, 4.69) is 45.3 Å². The Morgan fingerprint density at radius 2 is 1.61 bits per heavy atom. The van der Waals surface area contributed by atoms with Gasteiger partial charge in [-0.05, 0) is 45.9 Å². The number of carbonyl (C=O) groups excluding carboxylic acids is 3. The van der Waals surface area contributed by atoms with Gasteiger partial charge in [-0.15, -0.1) is 4.70 Å². The van der Waals surface area contributed by atoms with Crippen LogP contribution >= 0.6 is 0 Å². The van der Waals surface area contributed by atoms with Gasteiger partial charge < -0.3 is 16.0 Å². The minimum Gasteiger partial charge on any atom is -0.347 e. The minimum absolute atomic E-state index is 0.0863. The van der Waals surface area contributed by atoms with Crippen molar-refractivity contribution in [1.29, 1.82) is 0 Å². The van der Waals surface area contributed by atoms with Gasteiger partial charge in [-0.2, -0.15) is 0 Å². The predicted octanol–water partition coefficient (Wildman–Crippen LogP) is 2.72. The smallest absolute Gasteiger partial charge is 0.309 e. The van der Waals surface area contributed by atoms with Gasteiger partial charge >= 0.3 is 11.8 Å². The van der Waals surface area contributed by atoms with Crippen LogP contribution in [0.5, 0.6) is 0 Å². The van der Waals surface area contributed by atoms with E-state index in [1.165, 1.54) is 0 Å². The molecular formula is C28H30N5O3+. The first kappa shape index (κ1) is 23.7. The summed E-state index contributed by atoms with van der Waals surface area (Å²) in [5.74, 6) is -1.27. The zero-order valence-electron chi connectivity index (χ0n) is 20.3. The molecule has 0 radical (unpaired) electrons. The number of carbonyl (C=O) groups is 3. The summed E-state index contributed by atoms with van der Waals surface area (Å²) in [5.41, 5.74) is 1.88. The fourth-order valence-corrected chi connectivity index (χ4v) is 4.82. The van der Waals surface area contributed by atoms with Crippen LogP contribution in [0.4, 0.5) is 0 Å². The summed E-state index contributed by atoms with van der Waals surface area (Å²) in [5, 5.41) is 14.9. The third-order valence-corrected chi connectivity index (χ3v) is 7.09. The van der Waals surface area contributed by atoms with E-state index in [1.807, 2.05) is 29.0 Å². The van der Waals surface area contributed by atoms with Crippen molar-refractivity contribution >= 4 is 28.5 Å². The first-order valence-corrected chi connectivity index (χ1v) is 12.3. The highest BCUT2D eigenvalue weighted by atomic mass is 16.2. The fourth-order valence-electron chi connectivity index (χ4n) is 4.82. The Hall–Kier alpha value is -4.07. The van der Waals surface area contributed by atoms with Gasteiger partial charge in [0.05, 0.1) is 18.5 Å². The highest BCUT2D eigenvalue weighted by molar-refractivity contribution is 6.35. The molecule has 1 aliphatic carbocycles. The van der Waals surface area contributed by atoms with Crippen LogP contribution in [-0.2, 0) is 21.7 Å². The van der Waals surface area contributed by atoms with E-state index in [4.69, 9.17) is 0 Å². The third-order valence-electron chi connectivity index (χ3n) is 7.09. The zero-order valence-corrected chi connectivity index (χ0v) is 20.3. The molecule has 0 atom stereocenters. The van der Waals surface area contributed by atoms with Crippen molar-refractivity contribution in [2.24, 2.45) is 11.0 Å². The molecule has 0 spiro atoms. The Morgan fingerprint density at radius 1 is 0.917 bits per heavy atom. The Balaban J connectivity index is 1.22. The van der Waals surface area contributed by atoms with Crippen LogP contribution < -0.4 is 16.0 Å². The topological polar surface area (TPSA) is 103 Å². The van der Waals surface area contributed by atoms with Crippen molar-refractivity contribution in [3.05, 3.63) is 83.4 Å². The molecule has 2 fully saturated rings. The summed E-state index contributed by atoms with van der Waals surface area (Å²) in [4.78, 5) is 37.9. The molecule has 8 heteroatoms. The predicted molar refractivity (Wildman–Crippen MR) is 135 cm³/mol. The lowest BCUT2D eigenvalue weighted by Gasteiger charge is -2.21. The van der Waals surface area contributed by atoms with Crippen molar-refractivity contribution in [3.63, 3.8) is 0 Å². The largest absolute Gasteiger partial charge is 0.347 e. The van der Waals surface area contributed by atoms with Crippen molar-refractivity contribution in [2.45, 2.75) is 24.9 Å². The van der Waals surface area contributed by atoms with E-state index in [1.54, 1.807) is 25.2 Å². The summed E-state index contributed by atoms with van der Waals surface area (Å²) < 4.78 is 1.91. The maximum atomic E-state index is 13.4. The number of nitrogens with zero attached hydrogens (tertiary/aromatic N) is 2. The molecule has 1 saturated carbocycles. The molecule has 5 rings (SSSR count). The average molecular weight is 485 g/mol. The number of fused-ring (bicyclic) bond motifs is 1. The van der Waals surface area contributed by atoms with Crippen LogP contribution in [0.25, 0.3) is 10.8 Å². The van der Waals surface area contributed by atoms with Crippen LogP contribution in [0.15, 0.2) is 71.8 Å². The maximum Gasteiger partial charge on any atom is 0.309 e. The van der Waals surface area contributed by atoms with E-state index in [0.717, 1.165) is 42.3 Å². The lowest BCUT2D eigenvalue weighted by molar-refractivity contribution is -0.661. The monoisotopic (exact) mass is 484 g/mol. The second-order valence-electron chi connectivity index (χ2n) is 9.55. The van der Waals surface area contributed by atoms with Crippen molar-refractivity contribution in [3.8, 4) is 0 Å². The third kappa shape index (κ3) is 4.84. The molecule has 0 unspecified atom stereocenters. The molecule has 3 aromatic rings. The molecule has 3 aromatic carbocycles. The van der Waals surface area contributed by atoms with Gasteiger partial charge in [0, 0.05) is 18.7 Å². The highest BCUT2D eigenvalue weighted by Crippen LogP contribution is 2.48. The van der Waals surface area contributed by atoms with Gasteiger partial charge in [-0.3, -0.25) is 14.4 Å². The minimum atomic E-state index is -0.712. The van der Waals surface area contributed by atoms with Crippen LogP contribution in [-0.4, -0.2) is 49.1 Å². The van der Waals surface area contributed by atoms with Crippen LogP contribution in [0.3, 0.4) is 0 Å². The number of hydrogen-bond donors (Lipinski definition) is 3. The average Bonchev–Trinajstić information content (AvgIpc) is 3.66. The fraction of sp³-hybridized carbons (Fsp3) is 0.321. The summed E-state index contributed by atoms with van der Waals surface area (Å²) in [6.07, 6.45) is 1.74. The SMILES string of the molecule is CN=[N+]1CC(CNC(=O)C(=O)NCc2ccccc2C(=O)NC2(c3cccc4ccccc34)CC2)C1. The number of nitrogens with one attached hydrogen (secondary N) is 3. The lowest BCUT2D eigenvalue weighted by Crippen LogP contribution is -2.48. The van der Waals surface area contributed by atoms with Crippen LogP contribution in [0, 0.1) is 5.92 Å². The summed E-state index contributed by atoms with van der Waals surface area (Å²) in [6, 6.07) is 21.5. The molecule has 36 heavy (non-hydrogen) atoms. The Bertz CT molecular complexity index is 1350. The van der Waals surface area contributed by atoms with Gasteiger partial charge in [0.1, 0.15) is 0 Å². The number of rotatable bonds is 7. The second-order valence-corrected chi connectivity index (χ2v) is 9.55. The van der Waals surface area contributed by atoms with E-state index in [-0.39, 0.29) is 12.5 Å². The number of amides is 3. The molecule has 1 aliphatic heterocycles. The summed E-state index contributed by atoms with van der Waals surface area (Å²) in [7, 11) is 1.73. The number of benzene rings is 3. The molecular weight excluding hydrogens is 454 g/mol. The molecule has 0 aromatic heterocycles.